The topological polar surface area (TPSA) is 72.8 Å². The number of ether oxygens (including phenoxy) is 2. The third-order valence-electron chi connectivity index (χ3n) is 10.9. The lowest BCUT2D eigenvalue weighted by Gasteiger charge is -2.56. The van der Waals surface area contributed by atoms with Gasteiger partial charge in [-0.15, -0.1) is 0 Å². The first-order valence-corrected chi connectivity index (χ1v) is 12.9. The fraction of sp³-hybridized carbons (Fsp3) is 0.852. The van der Waals surface area contributed by atoms with Crippen LogP contribution in [0.4, 0.5) is 0 Å². The summed E-state index contributed by atoms with van der Waals surface area (Å²) in [5, 5.41) is 10.2. The second kappa shape index (κ2) is 6.76. The lowest BCUT2D eigenvalue weighted by molar-refractivity contribution is -0.272. The number of rotatable bonds is 0. The molecule has 11 atom stereocenters. The molecule has 5 nitrogen and oxygen atoms in total. The molecule has 6 rings (SSSR count). The number of Topliss-reactive ketones (excluding diaryl/α,β-unsaturated/α-hetero) is 1. The Balaban J connectivity index is 1.36. The van der Waals surface area contributed by atoms with E-state index in [2.05, 4.69) is 27.7 Å². The second-order valence-corrected chi connectivity index (χ2v) is 12.6. The standard InChI is InChI=1S/C27H38O5/c1-14-5-8-27(31-13-14)15(2)23-21(32-27)11-18-22-19(29)10-16-9-17(28)6-7-25(16,3)24(22)20(30)12-26(18,23)4/h10,14-15,17-18,21-24,28H,5-9,11-13H2,1-4H3. The number of allylic oxidation sites excluding steroid dienone is 1. The van der Waals surface area contributed by atoms with Crippen molar-refractivity contribution in [3.05, 3.63) is 11.6 Å². The number of carbonyl (C=O) groups is 2. The van der Waals surface area contributed by atoms with Crippen LogP contribution in [0.1, 0.15) is 72.6 Å². The summed E-state index contributed by atoms with van der Waals surface area (Å²) in [5.74, 6) is 0.610. The molecule has 0 amide bonds. The number of hydrogen-bond donors (Lipinski definition) is 1. The van der Waals surface area contributed by atoms with Crippen LogP contribution in [0.2, 0.25) is 0 Å². The minimum absolute atomic E-state index is 0.0686. The number of aliphatic hydroxyl groups is 1. The maximum absolute atomic E-state index is 13.9. The molecule has 0 aromatic heterocycles. The Morgan fingerprint density at radius 1 is 1.12 bits per heavy atom. The molecule has 0 aromatic rings. The first-order chi connectivity index (χ1) is 15.1. The van der Waals surface area contributed by atoms with Crippen molar-refractivity contribution in [3.63, 3.8) is 0 Å². The van der Waals surface area contributed by atoms with Crippen LogP contribution in [0, 0.1) is 46.3 Å². The zero-order chi connectivity index (χ0) is 22.6. The normalized spacial score (nSPS) is 57.0. The van der Waals surface area contributed by atoms with Crippen LogP contribution in [-0.2, 0) is 19.1 Å². The zero-order valence-corrected chi connectivity index (χ0v) is 19.9. The monoisotopic (exact) mass is 442 g/mol. The molecule has 1 spiro atoms. The van der Waals surface area contributed by atoms with Crippen molar-refractivity contribution in [2.45, 2.75) is 90.6 Å². The molecule has 5 heteroatoms. The molecule has 3 saturated carbocycles. The molecule has 0 bridgehead atoms. The van der Waals surface area contributed by atoms with Gasteiger partial charge in [0.15, 0.2) is 11.6 Å². The maximum atomic E-state index is 13.9. The van der Waals surface area contributed by atoms with Gasteiger partial charge in [-0.05, 0) is 66.8 Å². The van der Waals surface area contributed by atoms with Crippen LogP contribution in [-0.4, -0.2) is 41.3 Å². The minimum atomic E-state index is -0.509. The average Bonchev–Trinajstić information content (AvgIpc) is 3.16. The Kier molecular flexibility index (Phi) is 4.54. The molecule has 0 aromatic carbocycles. The molecule has 176 valence electrons. The average molecular weight is 443 g/mol. The van der Waals surface area contributed by atoms with Gasteiger partial charge in [-0.1, -0.05) is 33.3 Å². The van der Waals surface area contributed by atoms with E-state index in [0.717, 1.165) is 37.9 Å². The summed E-state index contributed by atoms with van der Waals surface area (Å²) in [5.41, 5.74) is 0.500. The number of carbonyl (C=O) groups excluding carboxylic acids is 2. The van der Waals surface area contributed by atoms with Crippen molar-refractivity contribution in [3.8, 4) is 0 Å². The Morgan fingerprint density at radius 3 is 2.62 bits per heavy atom. The molecular formula is C27H38O5. The van der Waals surface area contributed by atoms with E-state index < -0.39 is 11.9 Å². The van der Waals surface area contributed by atoms with Crippen molar-refractivity contribution in [1.82, 2.24) is 0 Å². The highest BCUT2D eigenvalue weighted by molar-refractivity contribution is 6.00. The predicted octanol–water partition coefficient (Wildman–Crippen LogP) is 4.07. The number of ketones is 2. The van der Waals surface area contributed by atoms with Gasteiger partial charge in [-0.3, -0.25) is 9.59 Å². The Hall–Kier alpha value is -1.04. The number of aliphatic hydroxyl groups excluding tert-OH is 1. The highest BCUT2D eigenvalue weighted by atomic mass is 16.7. The summed E-state index contributed by atoms with van der Waals surface area (Å²) in [6.45, 7) is 9.67. The molecule has 32 heavy (non-hydrogen) atoms. The van der Waals surface area contributed by atoms with E-state index in [4.69, 9.17) is 9.47 Å². The van der Waals surface area contributed by atoms with E-state index in [-0.39, 0.29) is 58.1 Å². The quantitative estimate of drug-likeness (QED) is 0.612. The highest BCUT2D eigenvalue weighted by Gasteiger charge is 2.71. The number of fused-ring (bicyclic) bond motifs is 7. The first kappa shape index (κ1) is 21.5. The van der Waals surface area contributed by atoms with Gasteiger partial charge in [0.25, 0.3) is 0 Å². The van der Waals surface area contributed by atoms with Gasteiger partial charge in [0.1, 0.15) is 5.78 Å². The third kappa shape index (κ3) is 2.62. The van der Waals surface area contributed by atoms with Crippen molar-refractivity contribution in [2.75, 3.05) is 6.61 Å². The maximum Gasteiger partial charge on any atom is 0.171 e. The summed E-state index contributed by atoms with van der Waals surface area (Å²) in [7, 11) is 0. The Labute approximate surface area is 191 Å². The van der Waals surface area contributed by atoms with E-state index in [1.807, 2.05) is 6.08 Å². The fourth-order valence-electron chi connectivity index (χ4n) is 9.23. The van der Waals surface area contributed by atoms with Gasteiger partial charge < -0.3 is 14.6 Å². The molecule has 5 fully saturated rings. The van der Waals surface area contributed by atoms with E-state index in [0.29, 0.717) is 25.2 Å². The summed E-state index contributed by atoms with van der Waals surface area (Å²) in [4.78, 5) is 27.4. The van der Waals surface area contributed by atoms with Crippen molar-refractivity contribution < 1.29 is 24.2 Å². The highest BCUT2D eigenvalue weighted by Crippen LogP contribution is 2.69. The van der Waals surface area contributed by atoms with E-state index in [1.165, 1.54) is 0 Å². The molecule has 2 aliphatic heterocycles. The van der Waals surface area contributed by atoms with Crippen LogP contribution in [0.15, 0.2) is 11.6 Å². The smallest absolute Gasteiger partial charge is 0.171 e. The summed E-state index contributed by atoms with van der Waals surface area (Å²) < 4.78 is 13.1. The largest absolute Gasteiger partial charge is 0.393 e. The van der Waals surface area contributed by atoms with Crippen molar-refractivity contribution in [1.29, 1.82) is 0 Å². The predicted molar refractivity (Wildman–Crippen MR) is 118 cm³/mol. The summed E-state index contributed by atoms with van der Waals surface area (Å²) in [6, 6.07) is 0. The molecule has 0 radical (unpaired) electrons. The Bertz CT molecular complexity index is 884. The number of hydrogen-bond acceptors (Lipinski definition) is 5. The third-order valence-corrected chi connectivity index (χ3v) is 10.9. The summed E-state index contributed by atoms with van der Waals surface area (Å²) in [6.07, 6.45) is 6.96. The molecule has 1 N–H and O–H groups in total. The Morgan fingerprint density at radius 2 is 1.91 bits per heavy atom. The van der Waals surface area contributed by atoms with Gasteiger partial charge in [0.05, 0.1) is 18.8 Å². The zero-order valence-electron chi connectivity index (χ0n) is 19.9. The van der Waals surface area contributed by atoms with Gasteiger partial charge >= 0.3 is 0 Å². The van der Waals surface area contributed by atoms with E-state index in [1.54, 1.807) is 0 Å². The van der Waals surface area contributed by atoms with Crippen LogP contribution < -0.4 is 0 Å². The van der Waals surface area contributed by atoms with Crippen LogP contribution in [0.5, 0.6) is 0 Å². The van der Waals surface area contributed by atoms with Gasteiger partial charge in [0, 0.05) is 30.6 Å². The molecule has 11 unspecified atom stereocenters. The van der Waals surface area contributed by atoms with Gasteiger partial charge in [-0.2, -0.15) is 0 Å². The first-order valence-electron chi connectivity index (χ1n) is 12.9. The SMILES string of the molecule is CC1CCC2(OC1)OC1CC3C4C(=O)C=C5CC(O)CCC5(C)C4C(=O)CC3(C)C1C2C. The molecule has 2 heterocycles. The van der Waals surface area contributed by atoms with Gasteiger partial charge in [0.2, 0.25) is 0 Å². The molecule has 6 aliphatic rings. The summed E-state index contributed by atoms with van der Waals surface area (Å²) >= 11 is 0. The fourth-order valence-corrected chi connectivity index (χ4v) is 9.23. The molecular weight excluding hydrogens is 404 g/mol. The van der Waals surface area contributed by atoms with E-state index >= 15 is 0 Å². The van der Waals surface area contributed by atoms with Crippen LogP contribution in [0.3, 0.4) is 0 Å². The molecule has 4 aliphatic carbocycles. The van der Waals surface area contributed by atoms with Crippen LogP contribution >= 0.6 is 0 Å². The molecule has 2 saturated heterocycles. The van der Waals surface area contributed by atoms with Crippen molar-refractivity contribution in [2.24, 2.45) is 46.3 Å². The van der Waals surface area contributed by atoms with E-state index in [9.17, 15) is 14.7 Å². The lowest BCUT2D eigenvalue weighted by atomic mass is 9.46. The second-order valence-electron chi connectivity index (χ2n) is 12.6. The lowest BCUT2D eigenvalue weighted by Crippen LogP contribution is -2.58. The minimum Gasteiger partial charge on any atom is -0.393 e. The van der Waals surface area contributed by atoms with Crippen LogP contribution in [0.25, 0.3) is 0 Å². The van der Waals surface area contributed by atoms with Gasteiger partial charge in [-0.25, -0.2) is 0 Å². The van der Waals surface area contributed by atoms with Crippen molar-refractivity contribution >= 4 is 11.6 Å².